The van der Waals surface area contributed by atoms with Gasteiger partial charge >= 0.3 is 0 Å². The Morgan fingerprint density at radius 1 is 1.35 bits per heavy atom. The van der Waals surface area contributed by atoms with Crippen molar-refractivity contribution in [1.29, 1.82) is 0 Å². The van der Waals surface area contributed by atoms with Gasteiger partial charge in [0.05, 0.1) is 6.26 Å². The largest absolute Gasteiger partial charge is 0.360 e. The number of hydrogen-bond donors (Lipinski definition) is 0. The van der Waals surface area contributed by atoms with E-state index in [2.05, 4.69) is 5.16 Å². The van der Waals surface area contributed by atoms with E-state index in [-0.39, 0.29) is 24.7 Å². The molecule has 7 nitrogen and oxygen atoms in total. The zero-order chi connectivity index (χ0) is 15.3. The van der Waals surface area contributed by atoms with Crippen molar-refractivity contribution < 1.29 is 17.7 Å². The number of carbonyl (C=O) groups is 1. The summed E-state index contributed by atoms with van der Waals surface area (Å²) in [5.74, 6) is 0.643. The Morgan fingerprint density at radius 3 is 2.35 bits per heavy atom. The number of aryl methyl sites for hydroxylation is 1. The molecule has 8 heteroatoms. The molecule has 0 spiro atoms. The van der Waals surface area contributed by atoms with Gasteiger partial charge in [-0.25, -0.2) is 8.42 Å². The van der Waals surface area contributed by atoms with Crippen LogP contribution in [0.4, 0.5) is 5.82 Å². The fourth-order valence-electron chi connectivity index (χ4n) is 1.85. The standard InChI is InChI=1S/C12H21N3O4S/c1-5-14(6-2)12(16)7-8-15(20(4,17)18)11-9-10(3)19-13-11/h9H,5-8H2,1-4H3. The summed E-state index contributed by atoms with van der Waals surface area (Å²) in [5.41, 5.74) is 0. The van der Waals surface area contributed by atoms with E-state index < -0.39 is 10.0 Å². The van der Waals surface area contributed by atoms with Crippen LogP contribution in [0.15, 0.2) is 10.6 Å². The second-order valence-electron chi connectivity index (χ2n) is 4.45. The van der Waals surface area contributed by atoms with E-state index in [1.54, 1.807) is 11.8 Å². The molecular weight excluding hydrogens is 282 g/mol. The molecule has 0 saturated heterocycles. The van der Waals surface area contributed by atoms with Gasteiger partial charge in [-0.1, -0.05) is 5.16 Å². The molecule has 20 heavy (non-hydrogen) atoms. The van der Waals surface area contributed by atoms with Crippen molar-refractivity contribution in [2.75, 3.05) is 30.2 Å². The molecule has 1 amide bonds. The SMILES string of the molecule is CCN(CC)C(=O)CCN(c1cc(C)on1)S(C)(=O)=O. The number of anilines is 1. The summed E-state index contributed by atoms with van der Waals surface area (Å²) < 4.78 is 29.5. The summed E-state index contributed by atoms with van der Waals surface area (Å²) in [6.45, 7) is 6.72. The summed E-state index contributed by atoms with van der Waals surface area (Å²) in [5, 5.41) is 3.69. The number of amides is 1. The van der Waals surface area contributed by atoms with Crippen LogP contribution in [-0.2, 0) is 14.8 Å². The summed E-state index contributed by atoms with van der Waals surface area (Å²) in [4.78, 5) is 13.6. The van der Waals surface area contributed by atoms with Crippen LogP contribution in [0.2, 0.25) is 0 Å². The third kappa shape index (κ3) is 4.22. The number of rotatable bonds is 7. The average Bonchev–Trinajstić information content (AvgIpc) is 2.75. The first-order chi connectivity index (χ1) is 9.29. The van der Waals surface area contributed by atoms with Crippen LogP contribution in [0.5, 0.6) is 0 Å². The molecule has 0 fully saturated rings. The van der Waals surface area contributed by atoms with E-state index >= 15 is 0 Å². The second kappa shape index (κ2) is 6.74. The van der Waals surface area contributed by atoms with Crippen molar-refractivity contribution >= 4 is 21.7 Å². The molecular formula is C12H21N3O4S. The Kier molecular flexibility index (Phi) is 5.55. The average molecular weight is 303 g/mol. The highest BCUT2D eigenvalue weighted by atomic mass is 32.2. The normalized spacial score (nSPS) is 11.4. The molecule has 0 radical (unpaired) electrons. The summed E-state index contributed by atoms with van der Waals surface area (Å²) >= 11 is 0. The lowest BCUT2D eigenvalue weighted by molar-refractivity contribution is -0.130. The van der Waals surface area contributed by atoms with Crippen molar-refractivity contribution in [3.05, 3.63) is 11.8 Å². The first-order valence-corrected chi connectivity index (χ1v) is 8.33. The van der Waals surface area contributed by atoms with Gasteiger partial charge in [0.25, 0.3) is 0 Å². The van der Waals surface area contributed by atoms with Gasteiger partial charge in [-0.15, -0.1) is 0 Å². The third-order valence-corrected chi connectivity index (χ3v) is 4.09. The molecule has 0 N–H and O–H groups in total. The molecule has 1 aromatic heterocycles. The van der Waals surface area contributed by atoms with Crippen LogP contribution in [0.25, 0.3) is 0 Å². The van der Waals surface area contributed by atoms with Gasteiger partial charge in [-0.3, -0.25) is 9.10 Å². The second-order valence-corrected chi connectivity index (χ2v) is 6.35. The van der Waals surface area contributed by atoms with E-state index in [0.717, 1.165) is 10.6 Å². The molecule has 1 aromatic rings. The Labute approximate surface area is 119 Å². The Balaban J connectivity index is 2.81. The maximum absolute atomic E-state index is 11.9. The first-order valence-electron chi connectivity index (χ1n) is 6.48. The number of nitrogens with zero attached hydrogens (tertiary/aromatic N) is 3. The van der Waals surface area contributed by atoms with Gasteiger partial charge in [-0.2, -0.15) is 0 Å². The van der Waals surface area contributed by atoms with Crippen molar-refractivity contribution in [2.24, 2.45) is 0 Å². The molecule has 0 unspecified atom stereocenters. The summed E-state index contributed by atoms with van der Waals surface area (Å²) in [6.07, 6.45) is 1.19. The van der Waals surface area contributed by atoms with Crippen LogP contribution in [-0.4, -0.2) is 50.3 Å². The van der Waals surface area contributed by atoms with Gasteiger partial charge in [0.15, 0.2) is 5.82 Å². The molecule has 0 aliphatic heterocycles. The van der Waals surface area contributed by atoms with Crippen LogP contribution < -0.4 is 4.31 Å². The van der Waals surface area contributed by atoms with E-state index in [1.807, 2.05) is 13.8 Å². The van der Waals surface area contributed by atoms with E-state index in [4.69, 9.17) is 4.52 Å². The van der Waals surface area contributed by atoms with E-state index in [1.165, 1.54) is 6.07 Å². The van der Waals surface area contributed by atoms with Crippen LogP contribution in [0.1, 0.15) is 26.0 Å². The van der Waals surface area contributed by atoms with Gasteiger partial charge < -0.3 is 9.42 Å². The van der Waals surface area contributed by atoms with Crippen LogP contribution >= 0.6 is 0 Å². The minimum atomic E-state index is -3.50. The smallest absolute Gasteiger partial charge is 0.233 e. The Hall–Kier alpha value is -1.57. The van der Waals surface area contributed by atoms with Gasteiger partial charge in [0.2, 0.25) is 15.9 Å². The molecule has 1 heterocycles. The molecule has 0 atom stereocenters. The van der Waals surface area contributed by atoms with E-state index in [9.17, 15) is 13.2 Å². The Bertz CT molecular complexity index is 549. The predicted octanol–water partition coefficient (Wildman–Crippen LogP) is 1.01. The molecule has 0 aliphatic rings. The fourth-order valence-corrected chi connectivity index (χ4v) is 2.70. The zero-order valence-corrected chi connectivity index (χ0v) is 13.1. The highest BCUT2D eigenvalue weighted by Gasteiger charge is 2.22. The highest BCUT2D eigenvalue weighted by molar-refractivity contribution is 7.92. The van der Waals surface area contributed by atoms with Crippen molar-refractivity contribution in [1.82, 2.24) is 10.1 Å². The quantitative estimate of drug-likeness (QED) is 0.750. The third-order valence-electron chi connectivity index (χ3n) is 2.92. The predicted molar refractivity (Wildman–Crippen MR) is 76.0 cm³/mol. The number of aromatic nitrogens is 1. The molecule has 114 valence electrons. The lowest BCUT2D eigenvalue weighted by Crippen LogP contribution is -2.36. The van der Waals surface area contributed by atoms with Crippen molar-refractivity contribution in [2.45, 2.75) is 27.2 Å². The molecule has 1 rings (SSSR count). The molecule has 0 bridgehead atoms. The topological polar surface area (TPSA) is 83.7 Å². The number of sulfonamides is 1. The lowest BCUT2D eigenvalue weighted by atomic mass is 10.3. The maximum Gasteiger partial charge on any atom is 0.233 e. The Morgan fingerprint density at radius 2 is 1.95 bits per heavy atom. The van der Waals surface area contributed by atoms with Gasteiger partial charge in [0.1, 0.15) is 5.76 Å². The lowest BCUT2D eigenvalue weighted by Gasteiger charge is -2.22. The molecule has 0 saturated carbocycles. The monoisotopic (exact) mass is 303 g/mol. The van der Waals surface area contributed by atoms with Crippen molar-refractivity contribution in [3.8, 4) is 0 Å². The van der Waals surface area contributed by atoms with Gasteiger partial charge in [-0.05, 0) is 20.8 Å². The zero-order valence-electron chi connectivity index (χ0n) is 12.3. The fraction of sp³-hybridized carbons (Fsp3) is 0.667. The molecule has 0 aliphatic carbocycles. The molecule has 0 aromatic carbocycles. The number of hydrogen-bond acceptors (Lipinski definition) is 5. The minimum Gasteiger partial charge on any atom is -0.360 e. The summed E-state index contributed by atoms with van der Waals surface area (Å²) in [6, 6.07) is 1.53. The van der Waals surface area contributed by atoms with E-state index in [0.29, 0.717) is 18.8 Å². The first kappa shape index (κ1) is 16.5. The van der Waals surface area contributed by atoms with Gasteiger partial charge in [0, 0.05) is 32.1 Å². The van der Waals surface area contributed by atoms with Crippen LogP contribution in [0.3, 0.4) is 0 Å². The minimum absolute atomic E-state index is 0.0557. The van der Waals surface area contributed by atoms with Crippen molar-refractivity contribution in [3.63, 3.8) is 0 Å². The van der Waals surface area contributed by atoms with Crippen LogP contribution in [0, 0.1) is 6.92 Å². The number of carbonyl (C=O) groups excluding carboxylic acids is 1. The highest BCUT2D eigenvalue weighted by Crippen LogP contribution is 2.17. The summed E-state index contributed by atoms with van der Waals surface area (Å²) in [7, 11) is -3.50. The maximum atomic E-state index is 11.9.